The lowest BCUT2D eigenvalue weighted by Gasteiger charge is -2.42. The average Bonchev–Trinajstić information content (AvgIpc) is 3.34. The first-order valence-corrected chi connectivity index (χ1v) is 12.0. The summed E-state index contributed by atoms with van der Waals surface area (Å²) in [5.74, 6) is -3.77. The summed E-state index contributed by atoms with van der Waals surface area (Å²) >= 11 is 0. The predicted molar refractivity (Wildman–Crippen MR) is 128 cm³/mol. The molecule has 1 unspecified atom stereocenters. The standard InChI is InChI=1S/C27H28F5N3O2/c1-3-35-16-20(15-33-35)18-5-4-6-19(13-18)23(25(37)9-11-26(28,29)12-10-25)34-24(36)22-14-21(27(30,31)32)8-7-17(22)2/h4-8,13-16,23,37H,3,9-12H2,1-2H3,(H,34,36). The summed E-state index contributed by atoms with van der Waals surface area (Å²) in [4.78, 5) is 13.3. The van der Waals surface area contributed by atoms with E-state index in [2.05, 4.69) is 10.4 Å². The molecule has 4 rings (SSSR count). The fourth-order valence-corrected chi connectivity index (χ4v) is 4.70. The van der Waals surface area contributed by atoms with Crippen LogP contribution in [0.1, 0.15) is 65.7 Å². The van der Waals surface area contributed by atoms with Crippen molar-refractivity contribution < 1.29 is 31.9 Å². The number of hydrogen-bond donors (Lipinski definition) is 2. The lowest BCUT2D eigenvalue weighted by Crippen LogP contribution is -2.50. The molecule has 1 atom stereocenters. The molecule has 0 bridgehead atoms. The van der Waals surface area contributed by atoms with E-state index >= 15 is 0 Å². The molecule has 3 aromatic rings. The van der Waals surface area contributed by atoms with Crippen LogP contribution in [-0.2, 0) is 12.7 Å². The van der Waals surface area contributed by atoms with E-state index in [0.717, 1.165) is 23.3 Å². The van der Waals surface area contributed by atoms with Crippen LogP contribution in [0.3, 0.4) is 0 Å². The van der Waals surface area contributed by atoms with Gasteiger partial charge in [0.2, 0.25) is 5.92 Å². The molecule has 1 fully saturated rings. The number of rotatable bonds is 6. The van der Waals surface area contributed by atoms with Gasteiger partial charge in [0, 0.05) is 36.7 Å². The molecule has 1 aromatic heterocycles. The van der Waals surface area contributed by atoms with Crippen LogP contribution < -0.4 is 5.32 Å². The lowest BCUT2D eigenvalue weighted by molar-refractivity contribution is -0.137. The van der Waals surface area contributed by atoms with Crippen LogP contribution in [0, 0.1) is 6.92 Å². The lowest BCUT2D eigenvalue weighted by atomic mass is 9.75. The van der Waals surface area contributed by atoms with Gasteiger partial charge in [-0.1, -0.05) is 24.3 Å². The van der Waals surface area contributed by atoms with Gasteiger partial charge in [-0.2, -0.15) is 18.3 Å². The molecule has 1 saturated carbocycles. The highest BCUT2D eigenvalue weighted by molar-refractivity contribution is 5.96. The molecule has 198 valence electrons. The van der Waals surface area contributed by atoms with Crippen LogP contribution in [0.25, 0.3) is 11.1 Å². The van der Waals surface area contributed by atoms with E-state index in [0.29, 0.717) is 17.7 Å². The third kappa shape index (κ3) is 5.84. The van der Waals surface area contributed by atoms with E-state index in [9.17, 15) is 31.9 Å². The Balaban J connectivity index is 1.73. The summed E-state index contributed by atoms with van der Waals surface area (Å²) in [6.45, 7) is 4.09. The van der Waals surface area contributed by atoms with Gasteiger partial charge in [0.15, 0.2) is 0 Å². The molecule has 0 saturated heterocycles. The highest BCUT2D eigenvalue weighted by atomic mass is 19.4. The number of aliphatic hydroxyl groups is 1. The first kappa shape index (κ1) is 26.8. The molecule has 37 heavy (non-hydrogen) atoms. The smallest absolute Gasteiger partial charge is 0.387 e. The molecule has 1 aliphatic carbocycles. The zero-order valence-electron chi connectivity index (χ0n) is 20.4. The number of aromatic nitrogens is 2. The topological polar surface area (TPSA) is 67.2 Å². The van der Waals surface area contributed by atoms with Gasteiger partial charge in [0.05, 0.1) is 23.4 Å². The molecule has 0 aliphatic heterocycles. The largest absolute Gasteiger partial charge is 0.416 e. The second-order valence-corrected chi connectivity index (χ2v) is 9.60. The molecule has 0 radical (unpaired) electrons. The molecule has 2 aromatic carbocycles. The van der Waals surface area contributed by atoms with Gasteiger partial charge in [-0.05, 0) is 61.6 Å². The van der Waals surface area contributed by atoms with E-state index in [1.165, 1.54) is 13.0 Å². The molecule has 0 spiro atoms. The zero-order valence-corrected chi connectivity index (χ0v) is 20.4. The van der Waals surface area contributed by atoms with Gasteiger partial charge >= 0.3 is 6.18 Å². The molecule has 10 heteroatoms. The summed E-state index contributed by atoms with van der Waals surface area (Å²) in [5, 5.41) is 18.5. The Hall–Kier alpha value is -3.27. The normalized spacial score (nSPS) is 17.8. The van der Waals surface area contributed by atoms with Crippen LogP contribution >= 0.6 is 0 Å². The van der Waals surface area contributed by atoms with Gasteiger partial charge in [-0.25, -0.2) is 8.78 Å². The SMILES string of the molecule is CCn1cc(-c2cccc(C(NC(=O)c3cc(C(F)(F)F)ccc3C)C3(O)CCC(F)(F)CC3)c2)cn1. The monoisotopic (exact) mass is 521 g/mol. The van der Waals surface area contributed by atoms with Gasteiger partial charge in [0.1, 0.15) is 0 Å². The number of nitrogens with zero attached hydrogens (tertiary/aromatic N) is 2. The molecule has 2 N–H and O–H groups in total. The number of halogens is 5. The van der Waals surface area contributed by atoms with Crippen LogP contribution in [0.4, 0.5) is 22.0 Å². The van der Waals surface area contributed by atoms with E-state index in [4.69, 9.17) is 0 Å². The summed E-state index contributed by atoms with van der Waals surface area (Å²) < 4.78 is 69.5. The fraction of sp³-hybridized carbons (Fsp3) is 0.407. The first-order valence-electron chi connectivity index (χ1n) is 12.0. The maximum atomic E-state index is 14.0. The van der Waals surface area contributed by atoms with Crippen molar-refractivity contribution in [3.8, 4) is 11.1 Å². The van der Waals surface area contributed by atoms with Crippen LogP contribution in [0.5, 0.6) is 0 Å². The number of aryl methyl sites for hydroxylation is 2. The average molecular weight is 522 g/mol. The van der Waals surface area contributed by atoms with Crippen molar-refractivity contribution in [3.63, 3.8) is 0 Å². The van der Waals surface area contributed by atoms with Crippen molar-refractivity contribution in [2.45, 2.75) is 69.8 Å². The highest BCUT2D eigenvalue weighted by Crippen LogP contribution is 2.45. The van der Waals surface area contributed by atoms with Crippen molar-refractivity contribution in [2.75, 3.05) is 0 Å². The highest BCUT2D eigenvalue weighted by Gasteiger charge is 2.47. The van der Waals surface area contributed by atoms with E-state index < -0.39 is 48.1 Å². The maximum absolute atomic E-state index is 14.0. The zero-order chi connectivity index (χ0) is 27.0. The Kier molecular flexibility index (Phi) is 7.16. The fourth-order valence-electron chi connectivity index (χ4n) is 4.70. The summed E-state index contributed by atoms with van der Waals surface area (Å²) in [7, 11) is 0. The number of hydrogen-bond acceptors (Lipinski definition) is 3. The predicted octanol–water partition coefficient (Wildman–Crippen LogP) is 6.31. The van der Waals surface area contributed by atoms with Crippen molar-refractivity contribution in [3.05, 3.63) is 77.1 Å². The summed E-state index contributed by atoms with van der Waals surface area (Å²) in [6.07, 6.45) is -2.86. The number of alkyl halides is 5. The second kappa shape index (κ2) is 9.89. The second-order valence-electron chi connectivity index (χ2n) is 9.60. The van der Waals surface area contributed by atoms with Gasteiger partial charge in [-0.15, -0.1) is 0 Å². The number of amides is 1. The Morgan fingerprint density at radius 2 is 1.81 bits per heavy atom. The summed E-state index contributed by atoms with van der Waals surface area (Å²) in [5.41, 5.74) is -0.629. The molecule has 5 nitrogen and oxygen atoms in total. The number of carbonyl (C=O) groups excluding carboxylic acids is 1. The molecule has 1 amide bonds. The van der Waals surface area contributed by atoms with Gasteiger partial charge in [-0.3, -0.25) is 9.48 Å². The van der Waals surface area contributed by atoms with Crippen molar-refractivity contribution in [1.82, 2.24) is 15.1 Å². The minimum absolute atomic E-state index is 0.204. The number of carbonyl (C=O) groups is 1. The first-order chi connectivity index (χ1) is 17.3. The Labute approximate surface area is 211 Å². The Morgan fingerprint density at radius 3 is 2.43 bits per heavy atom. The minimum Gasteiger partial charge on any atom is -0.387 e. The Morgan fingerprint density at radius 1 is 1.11 bits per heavy atom. The van der Waals surface area contributed by atoms with Crippen molar-refractivity contribution in [1.29, 1.82) is 0 Å². The van der Waals surface area contributed by atoms with Crippen molar-refractivity contribution in [2.24, 2.45) is 0 Å². The van der Waals surface area contributed by atoms with E-state index in [1.807, 2.05) is 19.2 Å². The molecule has 1 heterocycles. The molecule has 1 aliphatic rings. The summed E-state index contributed by atoms with van der Waals surface area (Å²) in [6, 6.07) is 8.63. The van der Waals surface area contributed by atoms with Crippen molar-refractivity contribution >= 4 is 5.91 Å². The van der Waals surface area contributed by atoms with Crippen LogP contribution in [0.15, 0.2) is 54.9 Å². The third-order valence-electron chi connectivity index (χ3n) is 6.98. The maximum Gasteiger partial charge on any atom is 0.416 e. The van der Waals surface area contributed by atoms with Crippen LogP contribution in [-0.4, -0.2) is 32.3 Å². The Bertz CT molecular complexity index is 1280. The van der Waals surface area contributed by atoms with E-state index in [1.54, 1.807) is 29.1 Å². The number of nitrogens with one attached hydrogen (secondary N) is 1. The molecular weight excluding hydrogens is 493 g/mol. The van der Waals surface area contributed by atoms with Gasteiger partial charge in [0.25, 0.3) is 5.91 Å². The molecular formula is C27H28F5N3O2. The van der Waals surface area contributed by atoms with Gasteiger partial charge < -0.3 is 10.4 Å². The van der Waals surface area contributed by atoms with E-state index in [-0.39, 0.29) is 18.4 Å². The quantitative estimate of drug-likeness (QED) is 0.374. The van der Waals surface area contributed by atoms with Crippen LogP contribution in [0.2, 0.25) is 0 Å². The minimum atomic E-state index is -4.65. The number of benzene rings is 2. The third-order valence-corrected chi connectivity index (χ3v) is 6.98.